The van der Waals surface area contributed by atoms with Gasteiger partial charge in [-0.05, 0) is 31.5 Å². The molecule has 0 unspecified atom stereocenters. The Morgan fingerprint density at radius 2 is 1.88 bits per heavy atom. The molecule has 1 N–H and O–H groups in total. The second-order valence-corrected chi connectivity index (χ2v) is 7.15. The maximum Gasteiger partial charge on any atom is 0.280 e. The van der Waals surface area contributed by atoms with Crippen LogP contribution >= 0.6 is 0 Å². The summed E-state index contributed by atoms with van der Waals surface area (Å²) >= 11 is 0. The average molecular weight is 434 g/mol. The minimum Gasteiger partial charge on any atom is -0.325 e. The van der Waals surface area contributed by atoms with E-state index >= 15 is 0 Å². The zero-order valence-electron chi connectivity index (χ0n) is 17.7. The predicted octanol–water partition coefficient (Wildman–Crippen LogP) is 4.49. The third-order valence-corrected chi connectivity index (χ3v) is 4.99. The zero-order chi connectivity index (χ0) is 22.8. The molecule has 3 heterocycles. The molecule has 0 amide bonds. The molecule has 0 saturated carbocycles. The summed E-state index contributed by atoms with van der Waals surface area (Å²) in [5.41, 5.74) is 3.46. The third kappa shape index (κ3) is 3.92. The molecule has 32 heavy (non-hydrogen) atoms. The van der Waals surface area contributed by atoms with Gasteiger partial charge < -0.3 is 5.32 Å². The highest BCUT2D eigenvalue weighted by Crippen LogP contribution is 2.31. The molecule has 1 aromatic carbocycles. The number of rotatable bonds is 6. The van der Waals surface area contributed by atoms with Crippen LogP contribution in [0.15, 0.2) is 42.7 Å². The van der Waals surface area contributed by atoms with Crippen LogP contribution in [0.1, 0.15) is 35.9 Å². The van der Waals surface area contributed by atoms with Crippen molar-refractivity contribution in [3.63, 3.8) is 0 Å². The van der Waals surface area contributed by atoms with E-state index in [0.29, 0.717) is 23.5 Å². The fourth-order valence-corrected chi connectivity index (χ4v) is 3.50. The van der Waals surface area contributed by atoms with Crippen LogP contribution in [0.4, 0.5) is 20.4 Å². The lowest BCUT2D eigenvalue weighted by molar-refractivity contribution is 0.142. The van der Waals surface area contributed by atoms with E-state index in [9.17, 15) is 8.78 Å². The van der Waals surface area contributed by atoms with Crippen molar-refractivity contribution in [2.45, 2.75) is 26.7 Å². The summed E-state index contributed by atoms with van der Waals surface area (Å²) in [6, 6.07) is 12.2. The van der Waals surface area contributed by atoms with Gasteiger partial charge in [-0.1, -0.05) is 19.1 Å². The fraction of sp³-hybridized carbons (Fsp3) is 0.227. The molecular formula is C22H20F2N8. The summed E-state index contributed by atoms with van der Waals surface area (Å²) in [6.45, 7) is 3.67. The number of aryl methyl sites for hydroxylation is 2. The molecule has 162 valence electrons. The van der Waals surface area contributed by atoms with E-state index in [1.54, 1.807) is 29.8 Å². The van der Waals surface area contributed by atoms with Crippen molar-refractivity contribution in [3.05, 3.63) is 65.2 Å². The molecular weight excluding hydrogens is 414 g/mol. The Morgan fingerprint density at radius 3 is 2.53 bits per heavy atom. The number of halogens is 2. The fourth-order valence-electron chi connectivity index (χ4n) is 3.50. The van der Waals surface area contributed by atoms with Gasteiger partial charge in [0.2, 0.25) is 0 Å². The molecule has 10 heteroatoms. The Kier molecular flexibility index (Phi) is 5.64. The first-order valence-corrected chi connectivity index (χ1v) is 9.91. The van der Waals surface area contributed by atoms with E-state index in [1.807, 2.05) is 26.1 Å². The van der Waals surface area contributed by atoms with E-state index in [1.165, 1.54) is 12.4 Å². The van der Waals surface area contributed by atoms with E-state index in [2.05, 4.69) is 31.6 Å². The lowest BCUT2D eigenvalue weighted by Crippen LogP contribution is -2.08. The van der Waals surface area contributed by atoms with Gasteiger partial charge in [0.15, 0.2) is 5.82 Å². The zero-order valence-corrected chi connectivity index (χ0v) is 17.7. The summed E-state index contributed by atoms with van der Waals surface area (Å²) in [4.78, 5) is 8.34. The molecule has 0 aliphatic rings. The SMILES string of the molecule is CCc1c(-c2ccc(C#N)cc2)nn(C)c1Nc1cc(-n2nc(C)cc2C(F)F)ncn1. The first-order valence-electron chi connectivity index (χ1n) is 9.91. The number of anilines is 2. The number of hydrogen-bond acceptors (Lipinski definition) is 6. The van der Waals surface area contributed by atoms with Crippen molar-refractivity contribution in [1.29, 1.82) is 5.26 Å². The summed E-state index contributed by atoms with van der Waals surface area (Å²) < 4.78 is 29.6. The van der Waals surface area contributed by atoms with Gasteiger partial charge in [0.1, 0.15) is 23.7 Å². The summed E-state index contributed by atoms with van der Waals surface area (Å²) in [7, 11) is 1.81. The molecule has 8 nitrogen and oxygen atoms in total. The molecule has 4 rings (SSSR count). The molecule has 0 spiro atoms. The standard InChI is InChI=1S/C22H20F2N8/c1-4-16-20(15-7-5-14(11-25)6-8-15)30-31(3)22(16)28-18-10-19(27-12-26-18)32-17(21(23)24)9-13(2)29-32/h5-10,12,21H,4H2,1-3H3,(H,26,27,28). The monoisotopic (exact) mass is 434 g/mol. The second-order valence-electron chi connectivity index (χ2n) is 7.15. The van der Waals surface area contributed by atoms with Gasteiger partial charge in [0, 0.05) is 24.2 Å². The number of benzene rings is 1. The summed E-state index contributed by atoms with van der Waals surface area (Å²) in [6.07, 6.45) is -0.688. The van der Waals surface area contributed by atoms with Crippen molar-refractivity contribution in [3.8, 4) is 23.1 Å². The third-order valence-electron chi connectivity index (χ3n) is 4.99. The van der Waals surface area contributed by atoms with Crippen molar-refractivity contribution in [2.75, 3.05) is 5.32 Å². The van der Waals surface area contributed by atoms with Gasteiger partial charge in [-0.2, -0.15) is 15.5 Å². The Morgan fingerprint density at radius 1 is 1.12 bits per heavy atom. The largest absolute Gasteiger partial charge is 0.325 e. The average Bonchev–Trinajstić information content (AvgIpc) is 3.34. The molecule has 0 bridgehead atoms. The number of alkyl halides is 2. The first-order chi connectivity index (χ1) is 15.4. The number of nitriles is 1. The molecule has 3 aromatic heterocycles. The number of nitrogens with one attached hydrogen (secondary N) is 1. The van der Waals surface area contributed by atoms with Gasteiger partial charge in [0.05, 0.1) is 23.0 Å². The first kappa shape index (κ1) is 21.1. The van der Waals surface area contributed by atoms with Crippen LogP contribution in [-0.4, -0.2) is 29.5 Å². The van der Waals surface area contributed by atoms with Gasteiger partial charge in [-0.3, -0.25) is 4.68 Å². The van der Waals surface area contributed by atoms with Crippen LogP contribution in [-0.2, 0) is 13.5 Å². The number of nitrogens with zero attached hydrogens (tertiary/aromatic N) is 7. The smallest absolute Gasteiger partial charge is 0.280 e. The van der Waals surface area contributed by atoms with Crippen molar-refractivity contribution >= 4 is 11.6 Å². The van der Waals surface area contributed by atoms with Gasteiger partial charge >= 0.3 is 0 Å². The topological polar surface area (TPSA) is 97.2 Å². The van der Waals surface area contributed by atoms with Crippen molar-refractivity contribution in [1.82, 2.24) is 29.5 Å². The molecule has 0 fully saturated rings. The molecule has 0 aliphatic heterocycles. The highest BCUT2D eigenvalue weighted by atomic mass is 19.3. The number of aromatic nitrogens is 6. The van der Waals surface area contributed by atoms with Gasteiger partial charge in [-0.25, -0.2) is 23.4 Å². The second kappa shape index (κ2) is 8.55. The molecule has 0 atom stereocenters. The van der Waals surface area contributed by atoms with E-state index in [4.69, 9.17) is 5.26 Å². The lowest BCUT2D eigenvalue weighted by Gasteiger charge is -2.10. The van der Waals surface area contributed by atoms with Crippen molar-refractivity contribution in [2.24, 2.45) is 7.05 Å². The Bertz CT molecular complexity index is 1300. The maximum absolute atomic E-state index is 13.4. The van der Waals surface area contributed by atoms with Crippen LogP contribution in [0.25, 0.3) is 17.1 Å². The van der Waals surface area contributed by atoms with Crippen LogP contribution in [0, 0.1) is 18.3 Å². The molecule has 4 aromatic rings. The summed E-state index contributed by atoms with van der Waals surface area (Å²) in [5.74, 6) is 1.38. The lowest BCUT2D eigenvalue weighted by atomic mass is 10.0. The normalized spacial score (nSPS) is 11.0. The highest BCUT2D eigenvalue weighted by Gasteiger charge is 2.20. The van der Waals surface area contributed by atoms with Crippen molar-refractivity contribution < 1.29 is 8.78 Å². The maximum atomic E-state index is 13.4. The van der Waals surface area contributed by atoms with Crippen LogP contribution in [0.5, 0.6) is 0 Å². The molecule has 0 saturated heterocycles. The van der Waals surface area contributed by atoms with E-state index < -0.39 is 6.43 Å². The molecule has 0 radical (unpaired) electrons. The Labute approximate surface area is 183 Å². The van der Waals surface area contributed by atoms with E-state index in [-0.39, 0.29) is 11.5 Å². The minimum absolute atomic E-state index is 0.231. The van der Waals surface area contributed by atoms with Gasteiger partial charge in [0.25, 0.3) is 6.43 Å². The minimum atomic E-state index is -2.68. The Hall–Kier alpha value is -4.13. The molecule has 0 aliphatic carbocycles. The predicted molar refractivity (Wildman–Crippen MR) is 115 cm³/mol. The van der Waals surface area contributed by atoms with Crippen LogP contribution < -0.4 is 5.32 Å². The summed E-state index contributed by atoms with van der Waals surface area (Å²) in [5, 5.41) is 21.0. The highest BCUT2D eigenvalue weighted by molar-refractivity contribution is 5.72. The Balaban J connectivity index is 1.70. The van der Waals surface area contributed by atoms with Gasteiger partial charge in [-0.15, -0.1) is 0 Å². The quantitative estimate of drug-likeness (QED) is 0.480. The number of hydrogen-bond donors (Lipinski definition) is 1. The van der Waals surface area contributed by atoms with E-state index in [0.717, 1.165) is 27.3 Å². The van der Waals surface area contributed by atoms with Crippen LogP contribution in [0.2, 0.25) is 0 Å². The van der Waals surface area contributed by atoms with Crippen LogP contribution in [0.3, 0.4) is 0 Å².